The maximum absolute atomic E-state index is 13.0. The molecule has 6 aliphatic heterocycles. The van der Waals surface area contributed by atoms with Crippen molar-refractivity contribution in [2.24, 2.45) is 0 Å². The molecule has 4 bridgehead atoms. The second-order valence-corrected chi connectivity index (χ2v) is 12.7. The zero-order chi connectivity index (χ0) is 29.8. The third-order valence-electron chi connectivity index (χ3n) is 10.1. The fraction of sp³-hybridized carbons (Fsp3) is 0.412. The van der Waals surface area contributed by atoms with Crippen molar-refractivity contribution in [3.8, 4) is 22.9 Å². The predicted octanol–water partition coefficient (Wildman–Crippen LogP) is 3.07. The number of aromatic nitrogens is 3. The van der Waals surface area contributed by atoms with Crippen LogP contribution in [0.3, 0.4) is 0 Å². The summed E-state index contributed by atoms with van der Waals surface area (Å²) in [6, 6.07) is 20.2. The van der Waals surface area contributed by atoms with Crippen molar-refractivity contribution in [1.29, 1.82) is 5.26 Å². The standard InChI is InChI=1S/C34H36N8O2/c1-38-26-12-27(38)19-39(18-26)9-10-44-30-14-31(34-25(15-35)17-37-41(34)22-30)24-7-8-32(36-16-24)40-20-28-13-29(21-40)42(28)33(43)11-23-5-3-2-4-6-23/h2-8,14,16-17,22,26-29H,9-13,18-21H2,1H3. The van der Waals surface area contributed by atoms with E-state index in [1.807, 2.05) is 54.9 Å². The Morgan fingerprint density at radius 2 is 1.77 bits per heavy atom. The highest BCUT2D eigenvalue weighted by atomic mass is 16.5. The molecular formula is C34H36N8O2. The van der Waals surface area contributed by atoms with Gasteiger partial charge in [-0.3, -0.25) is 14.6 Å². The number of pyridine rings is 2. The molecule has 6 saturated heterocycles. The number of rotatable bonds is 8. The molecule has 10 heteroatoms. The number of ether oxygens (including phenoxy) is 1. The van der Waals surface area contributed by atoms with Crippen LogP contribution in [0, 0.1) is 11.3 Å². The number of carbonyl (C=O) groups is 1. The van der Waals surface area contributed by atoms with Crippen LogP contribution in [-0.4, -0.2) is 106 Å². The van der Waals surface area contributed by atoms with Crippen molar-refractivity contribution in [2.75, 3.05) is 51.3 Å². The molecule has 0 radical (unpaired) electrons. The van der Waals surface area contributed by atoms with Crippen LogP contribution in [0.25, 0.3) is 16.6 Å². The minimum absolute atomic E-state index is 0.209. The first-order chi connectivity index (χ1) is 21.5. The van der Waals surface area contributed by atoms with Crippen LogP contribution in [0.2, 0.25) is 0 Å². The molecular weight excluding hydrogens is 552 g/mol. The van der Waals surface area contributed by atoms with Crippen LogP contribution in [0.1, 0.15) is 24.0 Å². The van der Waals surface area contributed by atoms with Gasteiger partial charge >= 0.3 is 0 Å². The Kier molecular flexibility index (Phi) is 6.73. The summed E-state index contributed by atoms with van der Waals surface area (Å²) in [4.78, 5) is 27.2. The zero-order valence-corrected chi connectivity index (χ0v) is 24.9. The summed E-state index contributed by atoms with van der Waals surface area (Å²) in [6.07, 6.45) is 8.15. The molecule has 10 nitrogen and oxygen atoms in total. The van der Waals surface area contributed by atoms with Crippen LogP contribution < -0.4 is 9.64 Å². The summed E-state index contributed by atoms with van der Waals surface area (Å²) in [7, 11) is 2.23. The highest BCUT2D eigenvalue weighted by molar-refractivity contribution is 5.85. The van der Waals surface area contributed by atoms with E-state index in [-0.39, 0.29) is 18.0 Å². The van der Waals surface area contributed by atoms with Crippen molar-refractivity contribution in [3.63, 3.8) is 0 Å². The Morgan fingerprint density at radius 3 is 2.48 bits per heavy atom. The smallest absolute Gasteiger partial charge is 0.227 e. The number of piperidine rings is 2. The Hall–Kier alpha value is -4.46. The molecule has 1 amide bonds. The SMILES string of the molecule is CN1C2CC1CN(CCOc1cc(-c3ccc(N4CC5CC(C4)N5C(=O)Cc4ccccc4)nc3)c3c(C#N)cnn3c1)C2. The van der Waals surface area contributed by atoms with Gasteiger partial charge in [-0.05, 0) is 43.7 Å². The van der Waals surface area contributed by atoms with Gasteiger partial charge in [0.05, 0.1) is 42.0 Å². The van der Waals surface area contributed by atoms with Crippen molar-refractivity contribution in [3.05, 3.63) is 78.2 Å². The number of carbonyl (C=O) groups excluding carboxylic acids is 1. The number of hydrogen-bond donors (Lipinski definition) is 0. The van der Waals surface area contributed by atoms with Gasteiger partial charge in [-0.25, -0.2) is 9.50 Å². The minimum Gasteiger partial charge on any atom is -0.491 e. The van der Waals surface area contributed by atoms with E-state index in [1.54, 1.807) is 10.7 Å². The zero-order valence-electron chi connectivity index (χ0n) is 24.9. The molecule has 44 heavy (non-hydrogen) atoms. The second kappa shape index (κ2) is 10.9. The number of nitriles is 1. The van der Waals surface area contributed by atoms with Crippen molar-refractivity contribution < 1.29 is 9.53 Å². The van der Waals surface area contributed by atoms with Crippen LogP contribution in [0.4, 0.5) is 5.82 Å². The average Bonchev–Trinajstić information content (AvgIpc) is 3.48. The average molecular weight is 589 g/mol. The number of amides is 1. The van der Waals surface area contributed by atoms with Crippen molar-refractivity contribution >= 4 is 17.2 Å². The summed E-state index contributed by atoms with van der Waals surface area (Å²) >= 11 is 0. The van der Waals surface area contributed by atoms with Crippen molar-refractivity contribution in [1.82, 2.24) is 29.3 Å². The molecule has 1 aromatic carbocycles. The number of anilines is 1. The molecule has 224 valence electrons. The summed E-state index contributed by atoms with van der Waals surface area (Å²) < 4.78 is 7.98. The molecule has 0 N–H and O–H groups in total. The molecule has 9 heterocycles. The molecule has 4 unspecified atom stereocenters. The van der Waals surface area contributed by atoms with E-state index in [1.165, 1.54) is 6.42 Å². The van der Waals surface area contributed by atoms with Crippen molar-refractivity contribution in [2.45, 2.75) is 43.4 Å². The van der Waals surface area contributed by atoms with Crippen LogP contribution >= 0.6 is 0 Å². The Bertz CT molecular complexity index is 1710. The molecule has 4 atom stereocenters. The highest BCUT2D eigenvalue weighted by Crippen LogP contribution is 2.36. The van der Waals surface area contributed by atoms with Crippen LogP contribution in [0.15, 0.2) is 67.1 Å². The third kappa shape index (κ3) is 4.77. The lowest BCUT2D eigenvalue weighted by atomic mass is 9.86. The number of nitrogens with zero attached hydrogens (tertiary/aromatic N) is 8. The van der Waals surface area contributed by atoms with E-state index in [0.717, 1.165) is 72.9 Å². The second-order valence-electron chi connectivity index (χ2n) is 12.7. The van der Waals surface area contributed by atoms with Gasteiger partial charge in [-0.15, -0.1) is 0 Å². The number of likely N-dealkylation sites (N-methyl/N-ethyl adjacent to an activating group) is 1. The summed E-state index contributed by atoms with van der Waals surface area (Å²) in [5.74, 6) is 1.84. The van der Waals surface area contributed by atoms with Gasteiger partial charge in [0.2, 0.25) is 5.91 Å². The summed E-state index contributed by atoms with van der Waals surface area (Å²) in [5, 5.41) is 14.2. The first-order valence-electron chi connectivity index (χ1n) is 15.6. The van der Waals surface area contributed by atoms with E-state index >= 15 is 0 Å². The first kappa shape index (κ1) is 27.1. The summed E-state index contributed by atoms with van der Waals surface area (Å²) in [5.41, 5.74) is 4.10. The lowest BCUT2D eigenvalue weighted by molar-refractivity contribution is -0.145. The molecule has 0 aliphatic carbocycles. The Morgan fingerprint density at radius 1 is 1.00 bits per heavy atom. The van der Waals surface area contributed by atoms with E-state index < -0.39 is 0 Å². The molecule has 10 rings (SSSR count). The quantitative estimate of drug-likeness (QED) is 0.310. The van der Waals surface area contributed by atoms with Crippen LogP contribution in [0.5, 0.6) is 5.75 Å². The topological polar surface area (TPSA) is 93.2 Å². The monoisotopic (exact) mass is 588 g/mol. The number of hydrogen-bond acceptors (Lipinski definition) is 8. The molecule has 6 aliphatic rings. The number of fused-ring (bicyclic) bond motifs is 5. The molecule has 4 aromatic rings. The number of benzene rings is 1. The van der Waals surface area contributed by atoms with E-state index in [4.69, 9.17) is 9.72 Å². The highest BCUT2D eigenvalue weighted by Gasteiger charge is 2.47. The van der Waals surface area contributed by atoms with E-state index in [2.05, 4.69) is 43.9 Å². The third-order valence-corrected chi connectivity index (χ3v) is 10.1. The summed E-state index contributed by atoms with van der Waals surface area (Å²) in [6.45, 7) is 5.26. The lowest BCUT2D eigenvalue weighted by Crippen LogP contribution is -2.70. The van der Waals surface area contributed by atoms with Gasteiger partial charge in [0.15, 0.2) is 0 Å². The Labute approximate surface area is 257 Å². The van der Waals surface area contributed by atoms with Gasteiger partial charge in [0.25, 0.3) is 0 Å². The van der Waals surface area contributed by atoms with E-state index in [0.29, 0.717) is 30.7 Å². The lowest BCUT2D eigenvalue weighted by Gasteiger charge is -2.56. The minimum atomic E-state index is 0.209. The maximum Gasteiger partial charge on any atom is 0.227 e. The van der Waals surface area contributed by atoms with Gasteiger partial charge in [0, 0.05) is 62.1 Å². The molecule has 0 spiro atoms. The van der Waals surface area contributed by atoms with E-state index in [9.17, 15) is 10.1 Å². The number of piperazine rings is 2. The Balaban J connectivity index is 0.955. The first-order valence-corrected chi connectivity index (χ1v) is 15.6. The van der Waals surface area contributed by atoms with Gasteiger partial charge in [-0.1, -0.05) is 30.3 Å². The fourth-order valence-electron chi connectivity index (χ4n) is 7.64. The fourth-order valence-corrected chi connectivity index (χ4v) is 7.64. The van der Waals surface area contributed by atoms with Gasteiger partial charge in [0.1, 0.15) is 24.2 Å². The van der Waals surface area contributed by atoms with Gasteiger partial charge in [-0.2, -0.15) is 10.4 Å². The van der Waals surface area contributed by atoms with Crippen LogP contribution in [-0.2, 0) is 11.2 Å². The molecule has 3 aromatic heterocycles. The molecule has 6 fully saturated rings. The largest absolute Gasteiger partial charge is 0.491 e. The normalized spacial score (nSPS) is 24.5. The molecule has 0 saturated carbocycles. The maximum atomic E-state index is 13.0. The predicted molar refractivity (Wildman–Crippen MR) is 166 cm³/mol. The van der Waals surface area contributed by atoms with Gasteiger partial charge < -0.3 is 14.5 Å².